The first-order valence-electron chi connectivity index (χ1n) is 12.0. The predicted octanol–water partition coefficient (Wildman–Crippen LogP) is 6.78. The molecule has 0 radical (unpaired) electrons. The SMILES string of the molecule is C=CCCN(CC)c1cc(-c2cc(Nc3cccc(SC)c3)cnc2C)cc(N2CC(C)C2)n1. The molecule has 0 amide bonds. The molecule has 0 saturated carbocycles. The number of rotatable bonds is 10. The van der Waals surface area contributed by atoms with E-state index in [1.165, 1.54) is 4.90 Å². The average molecular weight is 474 g/mol. The molecule has 1 aliphatic heterocycles. The third-order valence-corrected chi connectivity index (χ3v) is 6.98. The van der Waals surface area contributed by atoms with Gasteiger partial charge in [-0.15, -0.1) is 18.3 Å². The molecule has 0 atom stereocenters. The minimum Gasteiger partial charge on any atom is -0.356 e. The van der Waals surface area contributed by atoms with Crippen molar-refractivity contribution in [2.75, 3.05) is 47.6 Å². The minimum atomic E-state index is 0.713. The van der Waals surface area contributed by atoms with Gasteiger partial charge in [0.15, 0.2) is 0 Å². The van der Waals surface area contributed by atoms with Gasteiger partial charge in [-0.2, -0.15) is 0 Å². The summed E-state index contributed by atoms with van der Waals surface area (Å²) in [5.41, 5.74) is 5.34. The lowest BCUT2D eigenvalue weighted by molar-refractivity contribution is 0.443. The van der Waals surface area contributed by atoms with Gasteiger partial charge in [-0.05, 0) is 74.4 Å². The van der Waals surface area contributed by atoms with Gasteiger partial charge in [0, 0.05) is 48.0 Å². The fourth-order valence-electron chi connectivity index (χ4n) is 4.31. The Labute approximate surface area is 208 Å². The molecule has 3 aromatic rings. The number of aromatic nitrogens is 2. The summed E-state index contributed by atoms with van der Waals surface area (Å²) < 4.78 is 0. The molecule has 4 rings (SSSR count). The third kappa shape index (κ3) is 5.55. The van der Waals surface area contributed by atoms with Crippen LogP contribution in [0, 0.1) is 12.8 Å². The van der Waals surface area contributed by atoms with E-state index in [0.717, 1.165) is 72.4 Å². The molecule has 0 spiro atoms. The Kier molecular flexibility index (Phi) is 7.78. The predicted molar refractivity (Wildman–Crippen MR) is 148 cm³/mol. The van der Waals surface area contributed by atoms with E-state index >= 15 is 0 Å². The van der Waals surface area contributed by atoms with Crippen molar-refractivity contribution in [3.63, 3.8) is 0 Å². The second-order valence-corrected chi connectivity index (χ2v) is 9.83. The normalized spacial score (nSPS) is 13.5. The summed E-state index contributed by atoms with van der Waals surface area (Å²) in [7, 11) is 0. The molecule has 1 fully saturated rings. The summed E-state index contributed by atoms with van der Waals surface area (Å²) in [6, 6.07) is 15.1. The largest absolute Gasteiger partial charge is 0.356 e. The molecular weight excluding hydrogens is 438 g/mol. The number of pyridine rings is 2. The van der Waals surface area contributed by atoms with Crippen molar-refractivity contribution in [2.45, 2.75) is 32.1 Å². The van der Waals surface area contributed by atoms with Crippen molar-refractivity contribution in [3.05, 3.63) is 67.0 Å². The Balaban J connectivity index is 1.71. The first-order valence-corrected chi connectivity index (χ1v) is 13.2. The summed E-state index contributed by atoms with van der Waals surface area (Å²) in [6.45, 7) is 14.4. The van der Waals surface area contributed by atoms with E-state index in [9.17, 15) is 0 Å². The van der Waals surface area contributed by atoms with E-state index < -0.39 is 0 Å². The summed E-state index contributed by atoms with van der Waals surface area (Å²) in [5.74, 6) is 2.78. The molecule has 0 unspecified atom stereocenters. The highest BCUT2D eigenvalue weighted by atomic mass is 32.2. The Morgan fingerprint density at radius 1 is 1.21 bits per heavy atom. The number of nitrogens with zero attached hydrogens (tertiary/aromatic N) is 4. The molecule has 1 saturated heterocycles. The standard InChI is InChI=1S/C28H35N5S/c1-6-8-12-32(7-2)27-13-22(14-28(31-27)33-18-20(3)19-33)26-16-24(17-29-21(26)4)30-23-10-9-11-25(15-23)34-5/h6,9-11,13-17,20,30H,1,7-8,12,18-19H2,2-5H3. The van der Waals surface area contributed by atoms with Crippen molar-refractivity contribution in [1.29, 1.82) is 0 Å². The number of aryl methyl sites for hydroxylation is 1. The van der Waals surface area contributed by atoms with E-state index in [-0.39, 0.29) is 0 Å². The molecule has 0 aliphatic carbocycles. The molecule has 1 aliphatic rings. The highest BCUT2D eigenvalue weighted by molar-refractivity contribution is 7.98. The minimum absolute atomic E-state index is 0.713. The van der Waals surface area contributed by atoms with Gasteiger partial charge in [0.25, 0.3) is 0 Å². The van der Waals surface area contributed by atoms with Crippen molar-refractivity contribution in [2.24, 2.45) is 5.92 Å². The first kappa shape index (κ1) is 24.1. The lowest BCUT2D eigenvalue weighted by atomic mass is 10.0. The first-order chi connectivity index (χ1) is 16.5. The van der Waals surface area contributed by atoms with Crippen LogP contribution in [-0.4, -0.2) is 42.4 Å². The molecule has 178 valence electrons. The zero-order chi connectivity index (χ0) is 24.1. The number of hydrogen-bond acceptors (Lipinski definition) is 6. The molecule has 34 heavy (non-hydrogen) atoms. The molecule has 1 N–H and O–H groups in total. The van der Waals surface area contributed by atoms with Crippen LogP contribution in [0.25, 0.3) is 11.1 Å². The number of thioether (sulfide) groups is 1. The van der Waals surface area contributed by atoms with E-state index in [1.54, 1.807) is 11.8 Å². The van der Waals surface area contributed by atoms with Gasteiger partial charge < -0.3 is 15.1 Å². The maximum absolute atomic E-state index is 5.06. The summed E-state index contributed by atoms with van der Waals surface area (Å²) in [5, 5.41) is 3.53. The molecule has 2 aromatic heterocycles. The Bertz CT molecular complexity index is 1140. The second-order valence-electron chi connectivity index (χ2n) is 8.95. The van der Waals surface area contributed by atoms with Crippen LogP contribution in [0.2, 0.25) is 0 Å². The number of hydrogen-bond donors (Lipinski definition) is 1. The van der Waals surface area contributed by atoms with Gasteiger partial charge in [0.2, 0.25) is 0 Å². The zero-order valence-corrected chi connectivity index (χ0v) is 21.5. The molecule has 3 heterocycles. The fraction of sp³-hybridized carbons (Fsp3) is 0.357. The van der Waals surface area contributed by atoms with Crippen LogP contribution < -0.4 is 15.1 Å². The van der Waals surface area contributed by atoms with Crippen molar-refractivity contribution in [1.82, 2.24) is 9.97 Å². The van der Waals surface area contributed by atoms with Crippen LogP contribution in [-0.2, 0) is 0 Å². The van der Waals surface area contributed by atoms with Gasteiger partial charge >= 0.3 is 0 Å². The Morgan fingerprint density at radius 3 is 2.74 bits per heavy atom. The van der Waals surface area contributed by atoms with Crippen molar-refractivity contribution < 1.29 is 0 Å². The fourth-order valence-corrected chi connectivity index (χ4v) is 4.77. The maximum atomic E-state index is 5.06. The quantitative estimate of drug-likeness (QED) is 0.259. The van der Waals surface area contributed by atoms with Crippen LogP contribution in [0.3, 0.4) is 0 Å². The lowest BCUT2D eigenvalue weighted by Gasteiger charge is -2.39. The topological polar surface area (TPSA) is 44.3 Å². The van der Waals surface area contributed by atoms with Gasteiger partial charge in [0.1, 0.15) is 11.6 Å². The summed E-state index contributed by atoms with van der Waals surface area (Å²) in [6.07, 6.45) is 6.91. The van der Waals surface area contributed by atoms with Gasteiger partial charge in [-0.1, -0.05) is 19.1 Å². The lowest BCUT2D eigenvalue weighted by Crippen LogP contribution is -2.45. The maximum Gasteiger partial charge on any atom is 0.131 e. The van der Waals surface area contributed by atoms with Crippen LogP contribution in [0.1, 0.15) is 26.0 Å². The zero-order valence-electron chi connectivity index (χ0n) is 20.7. The van der Waals surface area contributed by atoms with Crippen molar-refractivity contribution >= 4 is 34.8 Å². The number of benzene rings is 1. The van der Waals surface area contributed by atoms with Crippen molar-refractivity contribution in [3.8, 4) is 11.1 Å². The van der Waals surface area contributed by atoms with Crippen LogP contribution >= 0.6 is 11.8 Å². The van der Waals surface area contributed by atoms with E-state index in [4.69, 9.17) is 9.97 Å². The van der Waals surface area contributed by atoms with E-state index in [0.29, 0.717) is 5.92 Å². The molecular formula is C28H35N5S. The molecule has 6 heteroatoms. The Morgan fingerprint density at radius 2 is 2.03 bits per heavy atom. The van der Waals surface area contributed by atoms with Crippen LogP contribution in [0.4, 0.5) is 23.0 Å². The number of nitrogens with one attached hydrogen (secondary N) is 1. The second kappa shape index (κ2) is 11.0. The van der Waals surface area contributed by atoms with E-state index in [1.807, 2.05) is 12.3 Å². The highest BCUT2D eigenvalue weighted by Gasteiger charge is 2.25. The van der Waals surface area contributed by atoms with Gasteiger partial charge in [0.05, 0.1) is 11.9 Å². The van der Waals surface area contributed by atoms with E-state index in [2.05, 4.69) is 91.2 Å². The van der Waals surface area contributed by atoms with Gasteiger partial charge in [-0.3, -0.25) is 4.98 Å². The molecule has 0 bridgehead atoms. The monoisotopic (exact) mass is 473 g/mol. The smallest absolute Gasteiger partial charge is 0.131 e. The summed E-state index contributed by atoms with van der Waals surface area (Å²) >= 11 is 1.74. The summed E-state index contributed by atoms with van der Waals surface area (Å²) in [4.78, 5) is 15.7. The molecule has 5 nitrogen and oxygen atoms in total. The molecule has 1 aromatic carbocycles. The average Bonchev–Trinajstić information content (AvgIpc) is 2.83. The Hall–Kier alpha value is -2.99. The van der Waals surface area contributed by atoms with Crippen LogP contribution in [0.15, 0.2) is 66.2 Å². The third-order valence-electron chi connectivity index (χ3n) is 6.25. The van der Waals surface area contributed by atoms with Gasteiger partial charge in [-0.25, -0.2) is 4.98 Å². The van der Waals surface area contributed by atoms with Crippen LogP contribution in [0.5, 0.6) is 0 Å². The number of anilines is 4. The highest BCUT2D eigenvalue weighted by Crippen LogP contribution is 2.34.